The first-order valence-electron chi connectivity index (χ1n) is 11.3. The van der Waals surface area contributed by atoms with Crippen molar-refractivity contribution >= 4 is 22.3 Å². The molecular formula is C26H32N2O. The van der Waals surface area contributed by atoms with E-state index in [9.17, 15) is 4.79 Å². The number of carbonyl (C=O) groups excluding carboxylic acids is 1. The maximum absolute atomic E-state index is 11.7. The maximum Gasteiger partial charge on any atom is 0.132 e. The molecule has 0 bridgehead atoms. The predicted octanol–water partition coefficient (Wildman–Crippen LogP) is 6.28. The average Bonchev–Trinajstić information content (AvgIpc) is 3.31. The van der Waals surface area contributed by atoms with Gasteiger partial charge in [0.15, 0.2) is 0 Å². The van der Waals surface area contributed by atoms with Gasteiger partial charge in [-0.1, -0.05) is 19.9 Å². The van der Waals surface area contributed by atoms with Crippen molar-refractivity contribution in [1.82, 2.24) is 9.88 Å². The molecule has 152 valence electrons. The summed E-state index contributed by atoms with van der Waals surface area (Å²) < 4.78 is 0. The van der Waals surface area contributed by atoms with E-state index in [0.717, 1.165) is 32.2 Å². The van der Waals surface area contributed by atoms with Crippen LogP contribution in [0.15, 0.2) is 35.5 Å². The maximum atomic E-state index is 11.7. The van der Waals surface area contributed by atoms with E-state index in [1.54, 1.807) is 11.1 Å². The molecule has 29 heavy (non-hydrogen) atoms. The average molecular weight is 389 g/mol. The molecule has 1 N–H and O–H groups in total. The van der Waals surface area contributed by atoms with Crippen LogP contribution in [0.5, 0.6) is 0 Å². The topological polar surface area (TPSA) is 36.1 Å². The molecule has 3 aliphatic rings. The lowest BCUT2D eigenvalue weighted by Gasteiger charge is -2.26. The van der Waals surface area contributed by atoms with Gasteiger partial charge >= 0.3 is 0 Å². The molecule has 0 atom stereocenters. The number of benzene rings is 1. The number of allylic oxidation sites excluding steroid dienone is 2. The Morgan fingerprint density at radius 2 is 1.90 bits per heavy atom. The number of carbonyl (C=O) groups is 1. The van der Waals surface area contributed by atoms with Crippen LogP contribution in [0.25, 0.3) is 16.5 Å². The Balaban J connectivity index is 1.61. The van der Waals surface area contributed by atoms with Crippen LogP contribution in [-0.4, -0.2) is 29.3 Å². The minimum Gasteiger partial charge on any atom is -0.376 e. The van der Waals surface area contributed by atoms with Crippen LogP contribution in [0.1, 0.15) is 87.4 Å². The van der Waals surface area contributed by atoms with Crippen LogP contribution in [0.3, 0.4) is 0 Å². The van der Waals surface area contributed by atoms with E-state index < -0.39 is 0 Å². The second-order valence-electron chi connectivity index (χ2n) is 9.58. The number of Topliss-reactive ketones (excluding diaryl/α,β-unsaturated/α-hetero) is 1. The highest BCUT2D eigenvalue weighted by Crippen LogP contribution is 2.44. The lowest BCUT2D eigenvalue weighted by Crippen LogP contribution is -2.19. The number of fused-ring (bicyclic) bond motifs is 1. The Labute approximate surface area is 173 Å². The molecule has 0 unspecified atom stereocenters. The van der Waals surface area contributed by atoms with Gasteiger partial charge in [-0.2, -0.15) is 0 Å². The number of H-pyrrole nitrogens is 1. The quantitative estimate of drug-likeness (QED) is 0.671. The minimum absolute atomic E-state index is 0.433. The van der Waals surface area contributed by atoms with E-state index >= 15 is 0 Å². The zero-order chi connectivity index (χ0) is 20.1. The van der Waals surface area contributed by atoms with Gasteiger partial charge in [0.05, 0.1) is 5.69 Å². The van der Waals surface area contributed by atoms with E-state index in [4.69, 9.17) is 0 Å². The third-order valence-electron chi connectivity index (χ3n) is 7.17. The zero-order valence-corrected chi connectivity index (χ0v) is 18.0. The van der Waals surface area contributed by atoms with E-state index in [2.05, 4.69) is 55.2 Å². The molecule has 2 aliphatic carbocycles. The molecule has 2 aromatic rings. The van der Waals surface area contributed by atoms with Crippen molar-refractivity contribution in [2.75, 3.05) is 13.6 Å². The fourth-order valence-electron chi connectivity index (χ4n) is 5.74. The molecule has 2 heterocycles. The summed E-state index contributed by atoms with van der Waals surface area (Å²) >= 11 is 0. The number of rotatable bonds is 3. The van der Waals surface area contributed by atoms with Gasteiger partial charge in [-0.05, 0) is 78.3 Å². The van der Waals surface area contributed by atoms with Gasteiger partial charge in [0.2, 0.25) is 0 Å². The number of hydrogen-bond acceptors (Lipinski definition) is 2. The number of nitrogens with one attached hydrogen (secondary N) is 1. The van der Waals surface area contributed by atoms with Crippen molar-refractivity contribution in [2.45, 2.75) is 70.6 Å². The molecule has 1 aromatic heterocycles. The lowest BCUT2D eigenvalue weighted by atomic mass is 9.82. The molecule has 0 saturated heterocycles. The number of nitrogens with zero attached hydrogens (tertiary/aromatic N) is 1. The summed E-state index contributed by atoms with van der Waals surface area (Å²) in [5, 5.41) is 1.37. The largest absolute Gasteiger partial charge is 0.376 e. The van der Waals surface area contributed by atoms with Crippen molar-refractivity contribution in [3.05, 3.63) is 52.4 Å². The number of ketones is 1. The molecule has 3 nitrogen and oxygen atoms in total. The van der Waals surface area contributed by atoms with Crippen molar-refractivity contribution in [3.8, 4) is 0 Å². The summed E-state index contributed by atoms with van der Waals surface area (Å²) in [6.07, 6.45) is 9.60. The second kappa shape index (κ2) is 7.19. The van der Waals surface area contributed by atoms with Crippen LogP contribution in [0.4, 0.5) is 0 Å². The van der Waals surface area contributed by atoms with E-state index in [-0.39, 0.29) is 0 Å². The molecule has 5 rings (SSSR count). The SMILES string of the molecule is CC(C)c1c(C2=CN(C)CC3=C2CCC3)[nH]c2ccc(C3CCC(=O)CC3)cc12. The molecular weight excluding hydrogens is 356 g/mol. The second-order valence-corrected chi connectivity index (χ2v) is 9.58. The number of likely N-dealkylation sites (N-methyl/N-ethyl adjacent to an activating group) is 1. The minimum atomic E-state index is 0.433. The summed E-state index contributed by atoms with van der Waals surface area (Å²) in [7, 11) is 2.20. The van der Waals surface area contributed by atoms with Gasteiger partial charge in [-0.3, -0.25) is 4.79 Å². The van der Waals surface area contributed by atoms with Crippen LogP contribution in [0, 0.1) is 0 Å². The number of aromatic nitrogens is 1. The normalized spacial score (nSPS) is 20.8. The third-order valence-corrected chi connectivity index (χ3v) is 7.17. The van der Waals surface area contributed by atoms with Crippen LogP contribution >= 0.6 is 0 Å². The Bertz CT molecular complexity index is 1030. The molecule has 1 aliphatic heterocycles. The third kappa shape index (κ3) is 3.25. The van der Waals surface area contributed by atoms with E-state index in [0.29, 0.717) is 17.6 Å². The summed E-state index contributed by atoms with van der Waals surface area (Å²) in [6, 6.07) is 6.98. The highest BCUT2D eigenvalue weighted by molar-refractivity contribution is 5.94. The Morgan fingerprint density at radius 1 is 1.10 bits per heavy atom. The Hall–Kier alpha value is -2.29. The Morgan fingerprint density at radius 3 is 2.66 bits per heavy atom. The van der Waals surface area contributed by atoms with Gasteiger partial charge in [0, 0.05) is 49.1 Å². The van der Waals surface area contributed by atoms with E-state index in [1.807, 2.05) is 0 Å². The molecule has 1 aromatic carbocycles. The van der Waals surface area contributed by atoms with Crippen LogP contribution < -0.4 is 0 Å². The van der Waals surface area contributed by atoms with Gasteiger partial charge in [-0.25, -0.2) is 0 Å². The molecule has 0 spiro atoms. The molecule has 3 heteroatoms. The first-order valence-corrected chi connectivity index (χ1v) is 11.3. The monoisotopic (exact) mass is 388 g/mol. The van der Waals surface area contributed by atoms with Crippen molar-refractivity contribution in [2.24, 2.45) is 0 Å². The first-order chi connectivity index (χ1) is 14.0. The molecule has 1 fully saturated rings. The van der Waals surface area contributed by atoms with Gasteiger partial charge in [0.1, 0.15) is 5.78 Å². The highest BCUT2D eigenvalue weighted by atomic mass is 16.1. The zero-order valence-electron chi connectivity index (χ0n) is 18.0. The van der Waals surface area contributed by atoms with Gasteiger partial charge in [-0.15, -0.1) is 0 Å². The van der Waals surface area contributed by atoms with Gasteiger partial charge in [0.25, 0.3) is 0 Å². The fourth-order valence-corrected chi connectivity index (χ4v) is 5.74. The number of aromatic amines is 1. The molecule has 0 radical (unpaired) electrons. The van der Waals surface area contributed by atoms with Crippen molar-refractivity contribution < 1.29 is 4.79 Å². The smallest absolute Gasteiger partial charge is 0.132 e. The van der Waals surface area contributed by atoms with Gasteiger partial charge < -0.3 is 9.88 Å². The molecule has 0 amide bonds. The standard InChI is InChI=1S/C26H32N2O/c1-16(2)25-22-13-18(17-7-10-20(29)11-8-17)9-12-24(22)27-26(25)23-15-28(3)14-19-5-4-6-21(19)23/h9,12-13,15-17,27H,4-8,10-11,14H2,1-3H3. The summed E-state index contributed by atoms with van der Waals surface area (Å²) in [6.45, 7) is 5.71. The molecule has 1 saturated carbocycles. The lowest BCUT2D eigenvalue weighted by molar-refractivity contribution is -0.120. The fraction of sp³-hybridized carbons (Fsp3) is 0.500. The van der Waals surface area contributed by atoms with Crippen LogP contribution in [-0.2, 0) is 4.79 Å². The number of hydrogen-bond donors (Lipinski definition) is 1. The summed E-state index contributed by atoms with van der Waals surface area (Å²) in [5.41, 5.74) is 10.1. The highest BCUT2D eigenvalue weighted by Gasteiger charge is 2.28. The summed E-state index contributed by atoms with van der Waals surface area (Å²) in [4.78, 5) is 17.8. The van der Waals surface area contributed by atoms with Crippen molar-refractivity contribution in [3.63, 3.8) is 0 Å². The van der Waals surface area contributed by atoms with Crippen molar-refractivity contribution in [1.29, 1.82) is 0 Å². The Kier molecular flexibility index (Phi) is 4.64. The van der Waals surface area contributed by atoms with E-state index in [1.165, 1.54) is 52.6 Å². The summed E-state index contributed by atoms with van der Waals surface area (Å²) in [5.74, 6) is 1.42. The van der Waals surface area contributed by atoms with Crippen LogP contribution in [0.2, 0.25) is 0 Å². The first kappa shape index (κ1) is 18.7. The predicted molar refractivity (Wildman–Crippen MR) is 120 cm³/mol.